The van der Waals surface area contributed by atoms with E-state index in [1.165, 1.54) is 0 Å². The molecule has 1 aromatic rings. The van der Waals surface area contributed by atoms with Crippen LogP contribution < -0.4 is 0 Å². The van der Waals surface area contributed by atoms with Crippen molar-refractivity contribution in [3.63, 3.8) is 0 Å². The number of carbonyl (C=O) groups excluding carboxylic acids is 3. The molecule has 0 aromatic heterocycles. The zero-order valence-electron chi connectivity index (χ0n) is 19.9. The average molecular weight is 445 g/mol. The van der Waals surface area contributed by atoms with Crippen molar-refractivity contribution in [2.45, 2.75) is 84.1 Å². The first kappa shape index (κ1) is 24.1. The summed E-state index contributed by atoms with van der Waals surface area (Å²) < 4.78 is 11.2. The van der Waals surface area contributed by atoms with Gasteiger partial charge in [-0.3, -0.25) is 4.79 Å². The molecule has 2 atom stereocenters. The number of carbonyl (C=O) groups is 3. The number of nitrogens with zero attached hydrogens (tertiary/aromatic N) is 2. The molecule has 1 spiro atoms. The van der Waals surface area contributed by atoms with Gasteiger partial charge in [-0.25, -0.2) is 9.59 Å². The third-order valence-corrected chi connectivity index (χ3v) is 6.17. The van der Waals surface area contributed by atoms with Crippen LogP contribution in [0.2, 0.25) is 0 Å². The molecule has 0 bridgehead atoms. The molecule has 1 aromatic carbocycles. The van der Waals surface area contributed by atoms with Gasteiger partial charge in [-0.2, -0.15) is 0 Å². The van der Waals surface area contributed by atoms with E-state index < -0.39 is 23.2 Å². The number of ether oxygens (including phenoxy) is 2. The topological polar surface area (TPSA) is 76.2 Å². The fourth-order valence-electron chi connectivity index (χ4n) is 4.78. The summed E-state index contributed by atoms with van der Waals surface area (Å²) in [4.78, 5) is 42.4. The Hall–Kier alpha value is -2.57. The highest BCUT2D eigenvalue weighted by atomic mass is 16.6. The fraction of sp³-hybridized carbons (Fsp3) is 0.640. The summed E-state index contributed by atoms with van der Waals surface area (Å²) >= 11 is 0. The van der Waals surface area contributed by atoms with Gasteiger partial charge in [0.2, 0.25) is 5.91 Å². The predicted octanol–water partition coefficient (Wildman–Crippen LogP) is 4.15. The third kappa shape index (κ3) is 5.43. The number of hydrogen-bond acceptors (Lipinski definition) is 5. The number of amides is 2. The second-order valence-corrected chi connectivity index (χ2v) is 10.3. The normalized spacial score (nSPS) is 22.4. The minimum atomic E-state index is -0.688. The van der Waals surface area contributed by atoms with Crippen molar-refractivity contribution >= 4 is 18.0 Å². The Kier molecular flexibility index (Phi) is 7.16. The van der Waals surface area contributed by atoms with Crippen LogP contribution in [0.15, 0.2) is 30.3 Å². The molecule has 32 heavy (non-hydrogen) atoms. The molecule has 176 valence electrons. The van der Waals surface area contributed by atoms with E-state index in [4.69, 9.17) is 9.47 Å². The minimum Gasteiger partial charge on any atom is -0.459 e. The van der Waals surface area contributed by atoms with Gasteiger partial charge in [0.05, 0.1) is 5.54 Å². The number of benzene rings is 1. The van der Waals surface area contributed by atoms with Gasteiger partial charge < -0.3 is 19.3 Å². The molecule has 3 rings (SSSR count). The summed E-state index contributed by atoms with van der Waals surface area (Å²) in [5, 5.41) is 0. The Morgan fingerprint density at radius 2 is 1.81 bits per heavy atom. The lowest BCUT2D eigenvalue weighted by Gasteiger charge is -2.48. The monoisotopic (exact) mass is 444 g/mol. The number of hydrogen-bond donors (Lipinski definition) is 0. The van der Waals surface area contributed by atoms with Crippen LogP contribution in [0.25, 0.3) is 0 Å². The summed E-state index contributed by atoms with van der Waals surface area (Å²) in [6, 6.07) is 8.83. The highest BCUT2D eigenvalue weighted by Crippen LogP contribution is 2.41. The first-order valence-corrected chi connectivity index (χ1v) is 11.5. The molecular formula is C25H36N2O5. The van der Waals surface area contributed by atoms with E-state index in [0.717, 1.165) is 18.4 Å². The molecule has 7 heteroatoms. The predicted molar refractivity (Wildman–Crippen MR) is 121 cm³/mol. The Bertz CT molecular complexity index is 832. The van der Waals surface area contributed by atoms with Crippen molar-refractivity contribution in [1.82, 2.24) is 9.80 Å². The highest BCUT2D eigenvalue weighted by Gasteiger charge is 2.53. The second kappa shape index (κ2) is 9.51. The maximum Gasteiger partial charge on any atom is 0.410 e. The summed E-state index contributed by atoms with van der Waals surface area (Å²) in [5.41, 5.74) is -0.249. The molecule has 2 aliphatic heterocycles. The lowest BCUT2D eigenvalue weighted by molar-refractivity contribution is -0.162. The van der Waals surface area contributed by atoms with Crippen molar-refractivity contribution in [2.24, 2.45) is 5.92 Å². The Morgan fingerprint density at radius 1 is 1.12 bits per heavy atom. The maximum absolute atomic E-state index is 13.2. The first-order valence-electron chi connectivity index (χ1n) is 11.5. The summed E-state index contributed by atoms with van der Waals surface area (Å²) in [5.74, 6) is -0.562. The minimum absolute atomic E-state index is 0.0496. The summed E-state index contributed by atoms with van der Waals surface area (Å²) in [6.07, 6.45) is 2.14. The van der Waals surface area contributed by atoms with Crippen molar-refractivity contribution in [3.8, 4) is 0 Å². The molecule has 0 N–H and O–H groups in total. The molecule has 0 saturated carbocycles. The van der Waals surface area contributed by atoms with E-state index in [9.17, 15) is 14.4 Å². The highest BCUT2D eigenvalue weighted by molar-refractivity contribution is 5.87. The molecular weight excluding hydrogens is 408 g/mol. The zero-order chi connectivity index (χ0) is 23.5. The average Bonchev–Trinajstić information content (AvgIpc) is 3.01. The molecule has 0 unspecified atom stereocenters. The van der Waals surface area contributed by atoms with Crippen molar-refractivity contribution in [1.29, 1.82) is 0 Å². The molecule has 2 amide bonds. The smallest absolute Gasteiger partial charge is 0.410 e. The van der Waals surface area contributed by atoms with Crippen molar-refractivity contribution in [2.75, 3.05) is 13.1 Å². The summed E-state index contributed by atoms with van der Waals surface area (Å²) in [7, 11) is 0. The van der Waals surface area contributed by atoms with Gasteiger partial charge in [0.15, 0.2) is 0 Å². The van der Waals surface area contributed by atoms with E-state index in [-0.39, 0.29) is 24.5 Å². The van der Waals surface area contributed by atoms with E-state index >= 15 is 0 Å². The van der Waals surface area contributed by atoms with Gasteiger partial charge in [0.1, 0.15) is 18.2 Å². The molecule has 7 nitrogen and oxygen atoms in total. The van der Waals surface area contributed by atoms with Gasteiger partial charge >= 0.3 is 12.1 Å². The number of esters is 1. The van der Waals surface area contributed by atoms with Crippen LogP contribution in [0.1, 0.15) is 65.9 Å². The molecule has 2 saturated heterocycles. The molecule has 2 heterocycles. The lowest BCUT2D eigenvalue weighted by atomic mass is 9.84. The van der Waals surface area contributed by atoms with E-state index in [1.54, 1.807) is 9.80 Å². The number of likely N-dealkylation sites (tertiary alicyclic amines) is 2. The van der Waals surface area contributed by atoms with E-state index in [2.05, 4.69) is 0 Å². The van der Waals surface area contributed by atoms with Crippen LogP contribution in [0.4, 0.5) is 4.79 Å². The molecule has 2 aliphatic rings. The van der Waals surface area contributed by atoms with E-state index in [1.807, 2.05) is 65.0 Å². The van der Waals surface area contributed by atoms with Crippen LogP contribution in [0, 0.1) is 5.92 Å². The largest absolute Gasteiger partial charge is 0.459 e. The fourth-order valence-corrected chi connectivity index (χ4v) is 4.78. The van der Waals surface area contributed by atoms with Gasteiger partial charge in [-0.05, 0) is 51.5 Å². The SMILES string of the molecule is CC(C)[C@@H](C(=O)OCc1ccccc1)N1C(=O)CC[C@]12CCCN(C(=O)OC(C)(C)C)C2. The lowest BCUT2D eigenvalue weighted by Crippen LogP contribution is -2.63. The third-order valence-electron chi connectivity index (χ3n) is 6.17. The van der Waals surface area contributed by atoms with Crippen LogP contribution in [0.3, 0.4) is 0 Å². The first-order chi connectivity index (χ1) is 15.0. The van der Waals surface area contributed by atoms with Gasteiger partial charge in [0.25, 0.3) is 0 Å². The molecule has 0 aliphatic carbocycles. The van der Waals surface area contributed by atoms with Crippen LogP contribution in [-0.4, -0.2) is 58.0 Å². The standard InChI is InChI=1S/C25H36N2O5/c1-18(2)21(22(29)31-16-19-10-7-6-8-11-19)27-20(28)12-14-25(27)13-9-15-26(17-25)23(30)32-24(3,4)5/h6-8,10-11,18,21H,9,12-17H2,1-5H3/t21-,25-/m0/s1. The van der Waals surface area contributed by atoms with E-state index in [0.29, 0.717) is 25.9 Å². The van der Waals surface area contributed by atoms with Crippen LogP contribution in [0.5, 0.6) is 0 Å². The molecule has 2 fully saturated rings. The summed E-state index contributed by atoms with van der Waals surface area (Å²) in [6.45, 7) is 10.5. The number of piperidine rings is 1. The Morgan fingerprint density at radius 3 is 2.44 bits per heavy atom. The van der Waals surface area contributed by atoms with Gasteiger partial charge in [0, 0.05) is 19.5 Å². The van der Waals surface area contributed by atoms with Gasteiger partial charge in [-0.15, -0.1) is 0 Å². The second-order valence-electron chi connectivity index (χ2n) is 10.3. The van der Waals surface area contributed by atoms with Crippen molar-refractivity contribution in [3.05, 3.63) is 35.9 Å². The van der Waals surface area contributed by atoms with Crippen LogP contribution >= 0.6 is 0 Å². The molecule has 0 radical (unpaired) electrons. The quantitative estimate of drug-likeness (QED) is 0.638. The number of rotatable bonds is 5. The van der Waals surface area contributed by atoms with Gasteiger partial charge in [-0.1, -0.05) is 44.2 Å². The Balaban J connectivity index is 1.79. The Labute approximate surface area is 191 Å². The maximum atomic E-state index is 13.2. The van der Waals surface area contributed by atoms with Crippen LogP contribution in [-0.2, 0) is 25.7 Å². The zero-order valence-corrected chi connectivity index (χ0v) is 19.9. The van der Waals surface area contributed by atoms with Crippen molar-refractivity contribution < 1.29 is 23.9 Å².